The average Bonchev–Trinajstić information content (AvgIpc) is 2.68. The third-order valence-electron chi connectivity index (χ3n) is 4.01. The van der Waals surface area contributed by atoms with E-state index < -0.39 is 29.4 Å². The molecule has 2 aromatic carbocycles. The molecule has 1 aromatic heterocycles. The quantitative estimate of drug-likeness (QED) is 0.612. The van der Waals surface area contributed by atoms with Crippen LogP contribution in [-0.2, 0) is 0 Å². The van der Waals surface area contributed by atoms with Gasteiger partial charge in [-0.1, -0.05) is 29.3 Å². The first-order chi connectivity index (χ1) is 13.8. The molecular weight excluding hydrogens is 426 g/mol. The van der Waals surface area contributed by atoms with Crippen molar-refractivity contribution in [2.75, 3.05) is 0 Å². The van der Waals surface area contributed by atoms with Crippen LogP contribution in [0.15, 0.2) is 48.7 Å². The van der Waals surface area contributed by atoms with Crippen LogP contribution >= 0.6 is 23.2 Å². The van der Waals surface area contributed by atoms with Gasteiger partial charge in [0.25, 0.3) is 5.91 Å². The first kappa shape index (κ1) is 20.6. The van der Waals surface area contributed by atoms with Crippen LogP contribution in [0.3, 0.4) is 0 Å². The molecule has 3 rings (SSSR count). The zero-order chi connectivity index (χ0) is 21.1. The highest BCUT2D eigenvalue weighted by Gasteiger charge is 2.24. The fourth-order valence-electron chi connectivity index (χ4n) is 2.60. The minimum atomic E-state index is -1.22. The second-order valence-corrected chi connectivity index (χ2v) is 6.75. The van der Waals surface area contributed by atoms with Crippen molar-refractivity contribution in [3.63, 3.8) is 0 Å². The summed E-state index contributed by atoms with van der Waals surface area (Å²) in [4.78, 5) is 16.5. The monoisotopic (exact) mass is 435 g/mol. The van der Waals surface area contributed by atoms with Crippen molar-refractivity contribution >= 4 is 29.1 Å². The summed E-state index contributed by atoms with van der Waals surface area (Å²) in [6.07, 6.45) is 1.17. The molecule has 0 saturated carbocycles. The van der Waals surface area contributed by atoms with Gasteiger partial charge in [0.05, 0.1) is 21.7 Å². The molecule has 1 amide bonds. The van der Waals surface area contributed by atoms with Gasteiger partial charge in [-0.05, 0) is 42.0 Å². The van der Waals surface area contributed by atoms with Gasteiger partial charge in [-0.25, -0.2) is 13.2 Å². The van der Waals surface area contributed by atoms with E-state index in [1.54, 1.807) is 6.07 Å². The number of carbonyl (C=O) groups is 1. The number of pyridine rings is 1. The Hall–Kier alpha value is -3.08. The molecule has 0 fully saturated rings. The number of nitrogens with one attached hydrogen (secondary N) is 1. The maximum atomic E-state index is 14.5. The van der Waals surface area contributed by atoms with Gasteiger partial charge < -0.3 is 5.32 Å². The lowest BCUT2D eigenvalue weighted by atomic mass is 10.0. The third kappa shape index (κ3) is 4.50. The Balaban J connectivity index is 2.03. The van der Waals surface area contributed by atoms with E-state index in [1.165, 1.54) is 24.4 Å². The number of nitrogens with zero attached hydrogens (tertiary/aromatic N) is 2. The Kier molecular flexibility index (Phi) is 6.06. The van der Waals surface area contributed by atoms with Gasteiger partial charge in [0.1, 0.15) is 29.2 Å². The van der Waals surface area contributed by atoms with Crippen LogP contribution in [0.25, 0.3) is 0 Å². The predicted molar refractivity (Wildman–Crippen MR) is 101 cm³/mol. The molecule has 0 aliphatic heterocycles. The second kappa shape index (κ2) is 8.52. The van der Waals surface area contributed by atoms with Gasteiger partial charge >= 0.3 is 0 Å². The van der Waals surface area contributed by atoms with Crippen LogP contribution in [0.4, 0.5) is 13.2 Å². The molecule has 0 bridgehead atoms. The van der Waals surface area contributed by atoms with Crippen LogP contribution in [-0.4, -0.2) is 10.9 Å². The summed E-state index contributed by atoms with van der Waals surface area (Å²) in [6.45, 7) is 0. The molecule has 0 radical (unpaired) electrons. The van der Waals surface area contributed by atoms with Crippen molar-refractivity contribution < 1.29 is 18.0 Å². The number of amides is 1. The second-order valence-electron chi connectivity index (χ2n) is 5.91. The smallest absolute Gasteiger partial charge is 0.252 e. The van der Waals surface area contributed by atoms with E-state index in [0.29, 0.717) is 0 Å². The Morgan fingerprint density at radius 3 is 2.41 bits per heavy atom. The van der Waals surface area contributed by atoms with Crippen molar-refractivity contribution in [2.24, 2.45) is 0 Å². The fraction of sp³-hybridized carbons (Fsp3) is 0.0500. The van der Waals surface area contributed by atoms with Gasteiger partial charge in [0, 0.05) is 11.8 Å². The van der Waals surface area contributed by atoms with Crippen LogP contribution < -0.4 is 5.32 Å². The molecule has 1 unspecified atom stereocenters. The van der Waals surface area contributed by atoms with E-state index in [2.05, 4.69) is 10.3 Å². The SMILES string of the molecule is N#Cc1ccc(C(=O)NC(c2ccc(Cl)c(F)c2)c2ncc(Cl)cc2F)cc1F. The highest BCUT2D eigenvalue weighted by atomic mass is 35.5. The van der Waals surface area contributed by atoms with Gasteiger partial charge in [-0.3, -0.25) is 9.78 Å². The number of nitriles is 1. The zero-order valence-corrected chi connectivity index (χ0v) is 15.9. The molecule has 1 N–H and O–H groups in total. The van der Waals surface area contributed by atoms with Gasteiger partial charge in [0.2, 0.25) is 0 Å². The Labute approximate surface area is 173 Å². The number of hydrogen-bond acceptors (Lipinski definition) is 3. The molecule has 0 aliphatic rings. The molecule has 4 nitrogen and oxygen atoms in total. The van der Waals surface area contributed by atoms with E-state index in [1.807, 2.05) is 0 Å². The molecule has 0 saturated heterocycles. The summed E-state index contributed by atoms with van der Waals surface area (Å²) < 4.78 is 42.3. The molecule has 9 heteroatoms. The van der Waals surface area contributed by atoms with Gasteiger partial charge in [-0.2, -0.15) is 5.26 Å². The van der Waals surface area contributed by atoms with Crippen molar-refractivity contribution in [1.29, 1.82) is 5.26 Å². The largest absolute Gasteiger partial charge is 0.339 e. The lowest BCUT2D eigenvalue weighted by Gasteiger charge is -2.20. The number of aromatic nitrogens is 1. The van der Waals surface area contributed by atoms with Crippen LogP contribution in [0.2, 0.25) is 10.0 Å². The van der Waals surface area contributed by atoms with Crippen molar-refractivity contribution in [3.05, 3.63) is 98.5 Å². The summed E-state index contributed by atoms with van der Waals surface area (Å²) in [6, 6.07) is 8.35. The van der Waals surface area contributed by atoms with Crippen LogP contribution in [0.1, 0.15) is 33.2 Å². The molecular formula is C20H10Cl2F3N3O. The highest BCUT2D eigenvalue weighted by Crippen LogP contribution is 2.27. The summed E-state index contributed by atoms with van der Waals surface area (Å²) in [5.41, 5.74) is -0.416. The van der Waals surface area contributed by atoms with Gasteiger partial charge in [0.15, 0.2) is 0 Å². The third-order valence-corrected chi connectivity index (χ3v) is 4.53. The van der Waals surface area contributed by atoms with E-state index >= 15 is 0 Å². The van der Waals surface area contributed by atoms with E-state index in [4.69, 9.17) is 28.5 Å². The molecule has 29 heavy (non-hydrogen) atoms. The molecule has 1 heterocycles. The minimum Gasteiger partial charge on any atom is -0.339 e. The average molecular weight is 436 g/mol. The molecule has 146 valence electrons. The van der Waals surface area contributed by atoms with Crippen molar-refractivity contribution in [1.82, 2.24) is 10.3 Å². The molecule has 0 spiro atoms. The summed E-state index contributed by atoms with van der Waals surface area (Å²) in [5, 5.41) is 11.2. The standard InChI is InChI=1S/C20H10Cl2F3N3O/c21-13-7-17(25)19(27-9-13)18(10-3-4-14(22)16(24)5-10)28-20(29)11-1-2-12(8-26)15(23)6-11/h1-7,9,18H,(H,28,29). The predicted octanol–water partition coefficient (Wildman–Crippen LogP) is 5.20. The normalized spacial score (nSPS) is 11.6. The Bertz CT molecular complexity index is 1150. The summed E-state index contributed by atoms with van der Waals surface area (Å²) in [5.74, 6) is -3.28. The van der Waals surface area contributed by atoms with E-state index in [-0.39, 0.29) is 32.4 Å². The van der Waals surface area contributed by atoms with E-state index in [0.717, 1.165) is 24.3 Å². The zero-order valence-electron chi connectivity index (χ0n) is 14.4. The maximum absolute atomic E-state index is 14.5. The molecule has 1 atom stereocenters. The lowest BCUT2D eigenvalue weighted by molar-refractivity contribution is 0.0941. The van der Waals surface area contributed by atoms with Crippen LogP contribution in [0.5, 0.6) is 0 Å². The van der Waals surface area contributed by atoms with Crippen molar-refractivity contribution in [2.45, 2.75) is 6.04 Å². The Morgan fingerprint density at radius 1 is 1.03 bits per heavy atom. The topological polar surface area (TPSA) is 65.8 Å². The highest BCUT2D eigenvalue weighted by molar-refractivity contribution is 6.30. The van der Waals surface area contributed by atoms with Crippen LogP contribution in [0, 0.1) is 28.8 Å². The van der Waals surface area contributed by atoms with E-state index in [9.17, 15) is 18.0 Å². The fourth-order valence-corrected chi connectivity index (χ4v) is 2.86. The maximum Gasteiger partial charge on any atom is 0.252 e. The first-order valence-electron chi connectivity index (χ1n) is 8.06. The lowest BCUT2D eigenvalue weighted by Crippen LogP contribution is -2.31. The number of carbonyl (C=O) groups excluding carboxylic acids is 1. The number of benzene rings is 2. The number of rotatable bonds is 4. The number of halogens is 5. The molecule has 3 aromatic rings. The Morgan fingerprint density at radius 2 is 1.79 bits per heavy atom. The minimum absolute atomic E-state index is 0.0350. The summed E-state index contributed by atoms with van der Waals surface area (Å²) in [7, 11) is 0. The molecule has 0 aliphatic carbocycles. The first-order valence-corrected chi connectivity index (χ1v) is 8.82. The summed E-state index contributed by atoms with van der Waals surface area (Å²) >= 11 is 11.4. The number of hydrogen-bond donors (Lipinski definition) is 1. The van der Waals surface area contributed by atoms with Gasteiger partial charge in [-0.15, -0.1) is 0 Å². The van der Waals surface area contributed by atoms with Crippen molar-refractivity contribution in [3.8, 4) is 6.07 Å².